The lowest BCUT2D eigenvalue weighted by Crippen LogP contribution is -2.50. The zero-order valence-electron chi connectivity index (χ0n) is 9.76. The maximum Gasteiger partial charge on any atom is 0.405 e. The number of likely N-dealkylation sites (N-methyl/N-ethyl adjacent to an activating group) is 1. The van der Waals surface area contributed by atoms with Crippen LogP contribution >= 0.6 is 0 Å². The zero-order chi connectivity index (χ0) is 12.2. The van der Waals surface area contributed by atoms with Crippen LogP contribution in [0.2, 0.25) is 0 Å². The smallest absolute Gasteiger partial charge is 0.329 e. The molecule has 0 spiro atoms. The van der Waals surface area contributed by atoms with E-state index in [0.29, 0.717) is 12.5 Å². The number of halogens is 3. The van der Waals surface area contributed by atoms with Gasteiger partial charge in [0.05, 0.1) is 0 Å². The first kappa shape index (κ1) is 13.8. The second-order valence-electron chi connectivity index (χ2n) is 4.74. The van der Waals surface area contributed by atoms with E-state index in [4.69, 9.17) is 5.73 Å². The molecule has 1 aliphatic carbocycles. The Labute approximate surface area is 95.0 Å². The predicted molar refractivity (Wildman–Crippen MR) is 58.1 cm³/mol. The number of hydrogen-bond donors (Lipinski definition) is 1. The normalized spacial score (nSPS) is 21.4. The Hall–Kier alpha value is -0.290. The summed E-state index contributed by atoms with van der Waals surface area (Å²) >= 11 is 0. The van der Waals surface area contributed by atoms with Crippen LogP contribution in [0.4, 0.5) is 13.2 Å². The van der Waals surface area contributed by atoms with E-state index in [1.54, 1.807) is 0 Å². The van der Waals surface area contributed by atoms with Crippen molar-refractivity contribution >= 4 is 0 Å². The van der Waals surface area contributed by atoms with E-state index in [1.807, 2.05) is 0 Å². The predicted octanol–water partition coefficient (Wildman–Crippen LogP) is 2.39. The summed E-state index contributed by atoms with van der Waals surface area (Å²) in [6, 6.07) is -1.49. The summed E-state index contributed by atoms with van der Waals surface area (Å²) in [5.74, 6) is 0.412. The molecule has 1 rings (SSSR count). The van der Waals surface area contributed by atoms with Gasteiger partial charge in [-0.1, -0.05) is 19.3 Å². The summed E-state index contributed by atoms with van der Waals surface area (Å²) in [6.07, 6.45) is 1.42. The monoisotopic (exact) mass is 238 g/mol. The van der Waals surface area contributed by atoms with Crippen LogP contribution in [0, 0.1) is 5.92 Å². The highest BCUT2D eigenvalue weighted by Crippen LogP contribution is 2.28. The number of hydrogen-bond acceptors (Lipinski definition) is 2. The summed E-state index contributed by atoms with van der Waals surface area (Å²) in [4.78, 5) is 1.37. The van der Waals surface area contributed by atoms with Crippen molar-refractivity contribution in [2.45, 2.75) is 44.3 Å². The van der Waals surface area contributed by atoms with Crippen LogP contribution in [-0.4, -0.2) is 37.3 Å². The van der Waals surface area contributed by atoms with Crippen molar-refractivity contribution in [3.63, 3.8) is 0 Å². The van der Waals surface area contributed by atoms with Gasteiger partial charge >= 0.3 is 6.18 Å². The molecule has 1 aliphatic rings. The van der Waals surface area contributed by atoms with Crippen LogP contribution in [0.3, 0.4) is 0 Å². The van der Waals surface area contributed by atoms with Gasteiger partial charge in [-0.3, -0.25) is 4.90 Å². The first-order valence-electron chi connectivity index (χ1n) is 5.92. The van der Waals surface area contributed by atoms with Gasteiger partial charge in [0.2, 0.25) is 0 Å². The topological polar surface area (TPSA) is 29.3 Å². The molecule has 1 fully saturated rings. The van der Waals surface area contributed by atoms with Crippen molar-refractivity contribution in [3.05, 3.63) is 0 Å². The van der Waals surface area contributed by atoms with E-state index in [9.17, 15) is 13.2 Å². The molecule has 2 N–H and O–H groups in total. The van der Waals surface area contributed by atoms with Gasteiger partial charge in [-0.2, -0.15) is 13.2 Å². The van der Waals surface area contributed by atoms with Gasteiger partial charge in [0, 0.05) is 13.1 Å². The molecule has 1 unspecified atom stereocenters. The van der Waals surface area contributed by atoms with E-state index in [-0.39, 0.29) is 6.54 Å². The third-order valence-electron chi connectivity index (χ3n) is 3.40. The van der Waals surface area contributed by atoms with Crippen molar-refractivity contribution in [3.8, 4) is 0 Å². The molecular formula is C11H21F3N2. The fourth-order valence-electron chi connectivity index (χ4n) is 2.47. The van der Waals surface area contributed by atoms with Gasteiger partial charge in [-0.15, -0.1) is 0 Å². The third-order valence-corrected chi connectivity index (χ3v) is 3.40. The molecule has 1 atom stereocenters. The molecule has 0 aromatic carbocycles. The van der Waals surface area contributed by atoms with Crippen molar-refractivity contribution in [1.82, 2.24) is 4.90 Å². The lowest BCUT2D eigenvalue weighted by molar-refractivity contribution is -0.179. The highest BCUT2D eigenvalue weighted by atomic mass is 19.4. The quantitative estimate of drug-likeness (QED) is 0.814. The SMILES string of the molecule is CN(CC1CCCCC1)C(CN)C(F)(F)F. The Bertz CT molecular complexity index is 200. The van der Waals surface area contributed by atoms with E-state index < -0.39 is 12.2 Å². The molecule has 0 aliphatic heterocycles. The van der Waals surface area contributed by atoms with E-state index in [0.717, 1.165) is 25.7 Å². The molecule has 0 radical (unpaired) electrons. The van der Waals surface area contributed by atoms with Crippen LogP contribution in [0.1, 0.15) is 32.1 Å². The van der Waals surface area contributed by atoms with Gasteiger partial charge in [-0.25, -0.2) is 0 Å². The highest BCUT2D eigenvalue weighted by Gasteiger charge is 2.41. The lowest BCUT2D eigenvalue weighted by atomic mass is 9.89. The molecule has 0 aromatic rings. The molecule has 0 heterocycles. The van der Waals surface area contributed by atoms with Crippen molar-refractivity contribution in [2.75, 3.05) is 20.1 Å². The summed E-state index contributed by atoms with van der Waals surface area (Å²) in [6.45, 7) is 0.161. The Morgan fingerprint density at radius 2 is 1.81 bits per heavy atom. The molecule has 16 heavy (non-hydrogen) atoms. The second kappa shape index (κ2) is 5.87. The molecule has 5 heteroatoms. The van der Waals surface area contributed by atoms with Crippen LogP contribution in [0.25, 0.3) is 0 Å². The minimum Gasteiger partial charge on any atom is -0.329 e. The second-order valence-corrected chi connectivity index (χ2v) is 4.74. The fourth-order valence-corrected chi connectivity index (χ4v) is 2.47. The van der Waals surface area contributed by atoms with Crippen LogP contribution in [0.5, 0.6) is 0 Å². The standard InChI is InChI=1S/C11H21F3N2/c1-16(10(7-15)11(12,13)14)8-9-5-3-2-4-6-9/h9-10H,2-8,15H2,1H3. The first-order valence-corrected chi connectivity index (χ1v) is 5.92. The average molecular weight is 238 g/mol. The summed E-state index contributed by atoms with van der Waals surface area (Å²) < 4.78 is 37.8. The first-order chi connectivity index (χ1) is 7.45. The number of rotatable bonds is 4. The molecule has 96 valence electrons. The minimum absolute atomic E-state index is 0.354. The zero-order valence-corrected chi connectivity index (χ0v) is 9.76. The summed E-state index contributed by atoms with van der Waals surface area (Å²) in [5, 5.41) is 0. The Kier molecular flexibility index (Phi) is 5.05. The fraction of sp³-hybridized carbons (Fsp3) is 1.00. The van der Waals surface area contributed by atoms with Crippen molar-refractivity contribution in [1.29, 1.82) is 0 Å². The number of alkyl halides is 3. The van der Waals surface area contributed by atoms with Gasteiger partial charge < -0.3 is 5.73 Å². The summed E-state index contributed by atoms with van der Waals surface area (Å²) in [7, 11) is 1.53. The van der Waals surface area contributed by atoms with E-state index in [1.165, 1.54) is 18.4 Å². The minimum atomic E-state index is -4.21. The molecule has 2 nitrogen and oxygen atoms in total. The van der Waals surface area contributed by atoms with Gasteiger partial charge in [-0.05, 0) is 25.8 Å². The maximum atomic E-state index is 12.6. The number of nitrogens with two attached hydrogens (primary N) is 1. The Balaban J connectivity index is 2.45. The Morgan fingerprint density at radius 3 is 2.25 bits per heavy atom. The van der Waals surface area contributed by atoms with E-state index >= 15 is 0 Å². The molecule has 1 saturated carbocycles. The Morgan fingerprint density at radius 1 is 1.25 bits per heavy atom. The van der Waals surface area contributed by atoms with Crippen LogP contribution in [-0.2, 0) is 0 Å². The molecule has 0 saturated heterocycles. The largest absolute Gasteiger partial charge is 0.405 e. The lowest BCUT2D eigenvalue weighted by Gasteiger charge is -2.33. The van der Waals surface area contributed by atoms with Crippen molar-refractivity contribution in [2.24, 2.45) is 11.7 Å². The van der Waals surface area contributed by atoms with Gasteiger partial charge in [0.1, 0.15) is 6.04 Å². The van der Waals surface area contributed by atoms with Gasteiger partial charge in [0.25, 0.3) is 0 Å². The van der Waals surface area contributed by atoms with Crippen LogP contribution < -0.4 is 5.73 Å². The number of nitrogens with zero attached hydrogens (tertiary/aromatic N) is 1. The molecule has 0 aromatic heterocycles. The molecule has 0 amide bonds. The molecular weight excluding hydrogens is 217 g/mol. The maximum absolute atomic E-state index is 12.6. The van der Waals surface area contributed by atoms with Crippen molar-refractivity contribution < 1.29 is 13.2 Å². The third kappa shape index (κ3) is 3.94. The van der Waals surface area contributed by atoms with Crippen LogP contribution in [0.15, 0.2) is 0 Å². The summed E-state index contributed by atoms with van der Waals surface area (Å²) in [5.41, 5.74) is 5.20. The molecule has 0 bridgehead atoms. The van der Waals surface area contributed by atoms with Gasteiger partial charge in [0.15, 0.2) is 0 Å². The van der Waals surface area contributed by atoms with E-state index in [2.05, 4.69) is 0 Å². The average Bonchev–Trinajstić information content (AvgIpc) is 2.17. The highest BCUT2D eigenvalue weighted by molar-refractivity contribution is 4.80.